The van der Waals surface area contributed by atoms with Crippen LogP contribution in [0.4, 0.5) is 0 Å². The molecule has 0 heteroatoms. The number of rotatable bonds is 2. The van der Waals surface area contributed by atoms with Crippen molar-refractivity contribution in [3.05, 3.63) is 35.9 Å². The second kappa shape index (κ2) is 2.69. The zero-order valence-corrected chi connectivity index (χ0v) is 6.96. The molecule has 1 saturated carbocycles. The van der Waals surface area contributed by atoms with Crippen molar-refractivity contribution < 1.29 is 0 Å². The van der Waals surface area contributed by atoms with Gasteiger partial charge >= 0.3 is 0 Å². The first-order chi connectivity index (χ1) is 5.42. The highest BCUT2D eigenvalue weighted by Gasteiger charge is 2.35. The molecular weight excluding hydrogens is 132 g/mol. The van der Waals surface area contributed by atoms with Crippen molar-refractivity contribution in [1.82, 2.24) is 0 Å². The Morgan fingerprint density at radius 1 is 1.27 bits per heavy atom. The lowest BCUT2D eigenvalue weighted by Crippen LogP contribution is -1.80. The molecule has 58 valence electrons. The molecule has 1 aromatic rings. The fourth-order valence-electron chi connectivity index (χ4n) is 1.81. The Hall–Kier alpha value is -0.780. The Kier molecular flexibility index (Phi) is 1.69. The van der Waals surface area contributed by atoms with Gasteiger partial charge in [-0.3, -0.25) is 0 Å². The lowest BCUT2D eigenvalue weighted by Gasteiger charge is -1.96. The van der Waals surface area contributed by atoms with Crippen LogP contribution in [-0.4, -0.2) is 0 Å². The van der Waals surface area contributed by atoms with Crippen LogP contribution < -0.4 is 0 Å². The molecule has 0 nitrogen and oxygen atoms in total. The van der Waals surface area contributed by atoms with Gasteiger partial charge in [-0.2, -0.15) is 0 Å². The lowest BCUT2D eigenvalue weighted by molar-refractivity contribution is 0.766. The number of hydrogen-bond acceptors (Lipinski definition) is 0. The molecule has 0 aromatic heterocycles. The molecule has 0 spiro atoms. The normalized spacial score (nSPS) is 28.5. The highest BCUT2D eigenvalue weighted by atomic mass is 14.4. The molecule has 11 heavy (non-hydrogen) atoms. The Balaban J connectivity index is 2.09. The summed E-state index contributed by atoms with van der Waals surface area (Å²) in [6.07, 6.45) is 2.76. The molecule has 0 bridgehead atoms. The molecular formula is C11H14. The second-order valence-electron chi connectivity index (χ2n) is 3.42. The van der Waals surface area contributed by atoms with E-state index in [4.69, 9.17) is 0 Å². The highest BCUT2D eigenvalue weighted by molar-refractivity contribution is 5.25. The van der Waals surface area contributed by atoms with Gasteiger partial charge in [-0.25, -0.2) is 0 Å². The first kappa shape index (κ1) is 6.90. The SMILES string of the molecule is CCC1CC1c1ccccc1. The van der Waals surface area contributed by atoms with Crippen molar-refractivity contribution in [2.75, 3.05) is 0 Å². The molecule has 2 atom stereocenters. The molecule has 1 aromatic carbocycles. The van der Waals surface area contributed by atoms with Gasteiger partial charge in [0.15, 0.2) is 0 Å². The summed E-state index contributed by atoms with van der Waals surface area (Å²) in [6.45, 7) is 2.29. The van der Waals surface area contributed by atoms with Crippen molar-refractivity contribution in [3.8, 4) is 0 Å². The Labute approximate surface area is 68.3 Å². The van der Waals surface area contributed by atoms with E-state index < -0.39 is 0 Å². The molecule has 0 heterocycles. The standard InChI is InChI=1S/C11H14/c1-2-9-8-11(9)10-6-4-3-5-7-10/h3-7,9,11H,2,8H2,1H3. The molecule has 0 saturated heterocycles. The smallest absolute Gasteiger partial charge is 0.0131 e. The topological polar surface area (TPSA) is 0 Å². The van der Waals surface area contributed by atoms with E-state index in [1.807, 2.05) is 0 Å². The highest BCUT2D eigenvalue weighted by Crippen LogP contribution is 2.49. The van der Waals surface area contributed by atoms with Gasteiger partial charge < -0.3 is 0 Å². The quantitative estimate of drug-likeness (QED) is 0.601. The van der Waals surface area contributed by atoms with Crippen LogP contribution in [0.3, 0.4) is 0 Å². The van der Waals surface area contributed by atoms with E-state index >= 15 is 0 Å². The maximum absolute atomic E-state index is 2.29. The summed E-state index contributed by atoms with van der Waals surface area (Å²) in [6, 6.07) is 10.9. The third kappa shape index (κ3) is 1.30. The summed E-state index contributed by atoms with van der Waals surface area (Å²) in [5, 5.41) is 0. The maximum atomic E-state index is 2.29. The molecule has 0 radical (unpaired) electrons. The van der Waals surface area contributed by atoms with Crippen molar-refractivity contribution in [1.29, 1.82) is 0 Å². The van der Waals surface area contributed by atoms with Gasteiger partial charge in [-0.05, 0) is 23.8 Å². The van der Waals surface area contributed by atoms with E-state index in [1.165, 1.54) is 12.8 Å². The summed E-state index contributed by atoms with van der Waals surface area (Å²) >= 11 is 0. The second-order valence-corrected chi connectivity index (χ2v) is 3.42. The van der Waals surface area contributed by atoms with Crippen molar-refractivity contribution in [2.45, 2.75) is 25.7 Å². The molecule has 1 aliphatic rings. The molecule has 0 N–H and O–H groups in total. The molecule has 2 unspecified atom stereocenters. The maximum Gasteiger partial charge on any atom is -0.0131 e. The first-order valence-corrected chi connectivity index (χ1v) is 4.46. The third-order valence-electron chi connectivity index (χ3n) is 2.67. The summed E-state index contributed by atoms with van der Waals surface area (Å²) in [7, 11) is 0. The summed E-state index contributed by atoms with van der Waals surface area (Å²) in [5.74, 6) is 1.87. The van der Waals surface area contributed by atoms with Gasteiger partial charge in [0.1, 0.15) is 0 Å². The zero-order valence-electron chi connectivity index (χ0n) is 6.96. The Bertz CT molecular complexity index is 225. The predicted molar refractivity (Wildman–Crippen MR) is 47.6 cm³/mol. The van der Waals surface area contributed by atoms with Gasteiger partial charge in [-0.1, -0.05) is 43.7 Å². The predicted octanol–water partition coefficient (Wildman–Crippen LogP) is 3.20. The fourth-order valence-corrected chi connectivity index (χ4v) is 1.81. The first-order valence-electron chi connectivity index (χ1n) is 4.46. The van der Waals surface area contributed by atoms with Gasteiger partial charge in [0.05, 0.1) is 0 Å². The summed E-state index contributed by atoms with van der Waals surface area (Å²) < 4.78 is 0. The molecule has 0 aliphatic heterocycles. The average molecular weight is 146 g/mol. The molecule has 1 fully saturated rings. The minimum absolute atomic E-state index is 0.890. The Morgan fingerprint density at radius 3 is 2.55 bits per heavy atom. The van der Waals surface area contributed by atoms with Crippen LogP contribution in [0.2, 0.25) is 0 Å². The van der Waals surface area contributed by atoms with Crippen LogP contribution in [0.1, 0.15) is 31.2 Å². The Morgan fingerprint density at radius 2 is 2.00 bits per heavy atom. The van der Waals surface area contributed by atoms with E-state index in [0.717, 1.165) is 11.8 Å². The van der Waals surface area contributed by atoms with Crippen LogP contribution >= 0.6 is 0 Å². The largest absolute Gasteiger partial charge is 0.0651 e. The summed E-state index contributed by atoms with van der Waals surface area (Å²) in [5.41, 5.74) is 1.54. The monoisotopic (exact) mass is 146 g/mol. The molecule has 0 amide bonds. The van der Waals surface area contributed by atoms with E-state index in [1.54, 1.807) is 5.56 Å². The fraction of sp³-hybridized carbons (Fsp3) is 0.455. The lowest BCUT2D eigenvalue weighted by atomic mass is 10.1. The van der Waals surface area contributed by atoms with Gasteiger partial charge in [0, 0.05) is 0 Å². The van der Waals surface area contributed by atoms with E-state index in [-0.39, 0.29) is 0 Å². The average Bonchev–Trinajstić information content (AvgIpc) is 2.85. The van der Waals surface area contributed by atoms with Crippen LogP contribution in [0.25, 0.3) is 0 Å². The van der Waals surface area contributed by atoms with Crippen molar-refractivity contribution in [3.63, 3.8) is 0 Å². The van der Waals surface area contributed by atoms with Crippen LogP contribution in [0.15, 0.2) is 30.3 Å². The van der Waals surface area contributed by atoms with Crippen molar-refractivity contribution in [2.24, 2.45) is 5.92 Å². The number of hydrogen-bond donors (Lipinski definition) is 0. The van der Waals surface area contributed by atoms with Gasteiger partial charge in [-0.15, -0.1) is 0 Å². The third-order valence-corrected chi connectivity index (χ3v) is 2.67. The van der Waals surface area contributed by atoms with Crippen LogP contribution in [0, 0.1) is 5.92 Å². The minimum atomic E-state index is 0.890. The minimum Gasteiger partial charge on any atom is -0.0651 e. The van der Waals surface area contributed by atoms with Crippen LogP contribution in [0.5, 0.6) is 0 Å². The zero-order chi connectivity index (χ0) is 7.68. The summed E-state index contributed by atoms with van der Waals surface area (Å²) in [4.78, 5) is 0. The van der Waals surface area contributed by atoms with Crippen molar-refractivity contribution >= 4 is 0 Å². The van der Waals surface area contributed by atoms with E-state index in [9.17, 15) is 0 Å². The van der Waals surface area contributed by atoms with Gasteiger partial charge in [0.2, 0.25) is 0 Å². The van der Waals surface area contributed by atoms with Crippen LogP contribution in [-0.2, 0) is 0 Å². The van der Waals surface area contributed by atoms with Gasteiger partial charge in [0.25, 0.3) is 0 Å². The van der Waals surface area contributed by atoms with E-state index in [0.29, 0.717) is 0 Å². The molecule has 2 rings (SSSR count). The van der Waals surface area contributed by atoms with E-state index in [2.05, 4.69) is 37.3 Å². The molecule has 1 aliphatic carbocycles. The number of benzene rings is 1.